The fourth-order valence-electron chi connectivity index (χ4n) is 6.61. The van der Waals surface area contributed by atoms with Gasteiger partial charge in [-0.15, -0.1) is 0 Å². The maximum atomic E-state index is 13.7. The molecular weight excluding hydrogens is 645 g/mol. The first kappa shape index (κ1) is 47.8. The average Bonchev–Trinajstić information content (AvgIpc) is 3.13. The highest BCUT2D eigenvalue weighted by atomic mass is 31.2. The smallest absolute Gasteiger partial charge is 0.309 e. The van der Waals surface area contributed by atoms with Gasteiger partial charge in [-0.05, 0) is 89.0 Å². The van der Waals surface area contributed by atoms with Gasteiger partial charge in [0.05, 0.1) is 19.4 Å². The summed E-state index contributed by atoms with van der Waals surface area (Å²) in [6, 6.07) is 4.35. The lowest BCUT2D eigenvalue weighted by Crippen LogP contribution is -2.25. The lowest BCUT2D eigenvalue weighted by molar-refractivity contribution is -0.671. The number of nitrogens with zero attached hydrogens (tertiary/aromatic N) is 1. The molecule has 0 aromatic carbocycles. The molecule has 1 aromatic rings. The van der Waals surface area contributed by atoms with Crippen LogP contribution in [0.25, 0.3) is 0 Å². The summed E-state index contributed by atoms with van der Waals surface area (Å²) in [5.74, 6) is 0. The number of pyridine rings is 1. The van der Waals surface area contributed by atoms with Gasteiger partial charge in [-0.25, -0.2) is 4.57 Å². The van der Waals surface area contributed by atoms with E-state index in [1.54, 1.807) is 0 Å². The molecule has 0 unspecified atom stereocenters. The van der Waals surface area contributed by atoms with E-state index >= 15 is 0 Å². The van der Waals surface area contributed by atoms with Crippen LogP contribution in [0, 0.1) is 0 Å². The van der Waals surface area contributed by atoms with Crippen LogP contribution in [-0.4, -0.2) is 19.4 Å². The van der Waals surface area contributed by atoms with Crippen molar-refractivity contribution < 1.29 is 18.2 Å². The molecule has 296 valence electrons. The Morgan fingerprint density at radius 2 is 0.843 bits per heavy atom. The Morgan fingerprint density at radius 1 is 0.490 bits per heavy atom. The van der Waals surface area contributed by atoms with E-state index in [4.69, 9.17) is 9.05 Å². The van der Waals surface area contributed by atoms with Gasteiger partial charge >= 0.3 is 7.60 Å². The first-order chi connectivity index (χ1) is 25.1. The molecule has 1 aromatic heterocycles. The third-order valence-electron chi connectivity index (χ3n) is 10.1. The van der Waals surface area contributed by atoms with Crippen LogP contribution in [0.4, 0.5) is 0 Å². The van der Waals surface area contributed by atoms with Crippen molar-refractivity contribution in [3.63, 3.8) is 0 Å². The van der Waals surface area contributed by atoms with E-state index in [-0.39, 0.29) is 0 Å². The number of rotatable bonds is 39. The summed E-state index contributed by atoms with van der Waals surface area (Å²) in [6.45, 7) is 5.68. The first-order valence-corrected chi connectivity index (χ1v) is 23.9. The summed E-state index contributed by atoms with van der Waals surface area (Å²) in [5.41, 5.74) is 1.33. The second-order valence-electron chi connectivity index (χ2n) is 15.2. The summed E-state index contributed by atoms with van der Waals surface area (Å²) < 4.78 is 27.9. The molecule has 0 aliphatic heterocycles. The molecule has 0 saturated heterocycles. The number of aryl methyl sites for hydroxylation is 2. The Bertz CT molecular complexity index is 912. The van der Waals surface area contributed by atoms with E-state index in [2.05, 4.69) is 67.2 Å². The van der Waals surface area contributed by atoms with Crippen molar-refractivity contribution in [2.75, 3.05) is 19.4 Å². The predicted molar refractivity (Wildman–Crippen MR) is 224 cm³/mol. The zero-order valence-electron chi connectivity index (χ0n) is 34.3. The minimum Gasteiger partial charge on any atom is -0.309 e. The highest BCUT2D eigenvalue weighted by Gasteiger charge is 2.23. The van der Waals surface area contributed by atoms with E-state index in [0.717, 1.165) is 44.9 Å². The number of allylic oxidation sites excluding steroid dienone is 4. The second-order valence-corrected chi connectivity index (χ2v) is 17.4. The highest BCUT2D eigenvalue weighted by molar-refractivity contribution is 7.53. The van der Waals surface area contributed by atoms with E-state index in [1.165, 1.54) is 160 Å². The quantitative estimate of drug-likeness (QED) is 0.0293. The third-order valence-corrected chi connectivity index (χ3v) is 12.1. The standard InChI is InChI=1S/C46H85NO3P/c1-4-6-8-10-12-14-16-18-20-22-24-26-28-30-32-35-43-49-51(48,45-37-34-38-46-39-41-47(3)42-40-46)50-44-36-33-31-29-27-25-23-21-19-17-15-13-11-9-7-5-2/h18-21,39-42H,4-17,22-38,43-45H2,1-3H3/q+1/b20-18-,21-19-. The van der Waals surface area contributed by atoms with E-state index in [1.807, 2.05) is 7.05 Å². The Kier molecular flexibility index (Phi) is 34.8. The van der Waals surface area contributed by atoms with E-state index in [0.29, 0.717) is 19.4 Å². The molecule has 0 atom stereocenters. The van der Waals surface area contributed by atoms with Crippen LogP contribution in [0.15, 0.2) is 48.8 Å². The summed E-state index contributed by atoms with van der Waals surface area (Å²) >= 11 is 0. The summed E-state index contributed by atoms with van der Waals surface area (Å²) in [4.78, 5) is 0. The van der Waals surface area contributed by atoms with Gasteiger partial charge in [0.2, 0.25) is 0 Å². The zero-order valence-corrected chi connectivity index (χ0v) is 35.2. The van der Waals surface area contributed by atoms with E-state index in [9.17, 15) is 4.57 Å². The normalized spacial score (nSPS) is 12.2. The minimum absolute atomic E-state index is 0.534. The SMILES string of the molecule is CCCCCCCC/C=C\CCCCCCCCOP(=O)(CCCCc1cc[n+](C)cc1)OCCCCCCCC/C=C\CCCCCCCC. The minimum atomic E-state index is -3.05. The maximum Gasteiger partial charge on any atom is 0.330 e. The number of hydrogen-bond donors (Lipinski definition) is 0. The van der Waals surface area contributed by atoms with Crippen LogP contribution in [0.5, 0.6) is 0 Å². The molecule has 0 spiro atoms. The number of aromatic nitrogens is 1. The second kappa shape index (κ2) is 37.1. The topological polar surface area (TPSA) is 39.4 Å². The predicted octanol–water partition coefficient (Wildman–Crippen LogP) is 15.1. The molecule has 0 fully saturated rings. The molecule has 51 heavy (non-hydrogen) atoms. The van der Waals surface area contributed by atoms with Crippen molar-refractivity contribution in [2.24, 2.45) is 7.05 Å². The Balaban J connectivity index is 2.17. The van der Waals surface area contributed by atoms with Gasteiger partial charge in [-0.2, -0.15) is 0 Å². The molecule has 4 nitrogen and oxygen atoms in total. The van der Waals surface area contributed by atoms with Gasteiger partial charge in [-0.1, -0.05) is 154 Å². The Morgan fingerprint density at radius 3 is 1.24 bits per heavy atom. The first-order valence-electron chi connectivity index (χ1n) is 22.2. The molecule has 5 heteroatoms. The molecule has 0 N–H and O–H groups in total. The number of hydrogen-bond acceptors (Lipinski definition) is 3. The van der Waals surface area contributed by atoms with Crippen LogP contribution < -0.4 is 4.57 Å². The third kappa shape index (κ3) is 33.1. The molecule has 1 rings (SSSR count). The molecule has 0 amide bonds. The lowest BCUT2D eigenvalue weighted by atomic mass is 10.1. The van der Waals surface area contributed by atoms with Crippen LogP contribution in [0.3, 0.4) is 0 Å². The van der Waals surface area contributed by atoms with Gasteiger partial charge in [0, 0.05) is 12.1 Å². The van der Waals surface area contributed by atoms with Crippen LogP contribution in [0.1, 0.15) is 212 Å². The summed E-state index contributed by atoms with van der Waals surface area (Å²) in [7, 11) is -1.00. The van der Waals surface area contributed by atoms with Crippen LogP contribution >= 0.6 is 7.60 Å². The van der Waals surface area contributed by atoms with Crippen molar-refractivity contribution in [2.45, 2.75) is 213 Å². The van der Waals surface area contributed by atoms with Crippen LogP contribution in [0.2, 0.25) is 0 Å². The van der Waals surface area contributed by atoms with Gasteiger partial charge in [0.25, 0.3) is 0 Å². The average molecular weight is 731 g/mol. The molecule has 0 aliphatic rings. The molecule has 0 saturated carbocycles. The van der Waals surface area contributed by atoms with Gasteiger partial charge in [-0.3, -0.25) is 4.57 Å². The van der Waals surface area contributed by atoms with Crippen molar-refractivity contribution >= 4 is 7.60 Å². The Labute approximate surface area is 318 Å². The van der Waals surface area contributed by atoms with Crippen LogP contribution in [-0.2, 0) is 27.1 Å². The van der Waals surface area contributed by atoms with Gasteiger partial charge < -0.3 is 9.05 Å². The number of unbranched alkanes of at least 4 members (excludes halogenated alkanes) is 25. The lowest BCUT2D eigenvalue weighted by Gasteiger charge is -2.19. The maximum absolute atomic E-state index is 13.7. The molecule has 1 heterocycles. The fourth-order valence-corrected chi connectivity index (χ4v) is 8.36. The zero-order chi connectivity index (χ0) is 36.8. The molecular formula is C46H85NO3P+. The van der Waals surface area contributed by atoms with Gasteiger partial charge in [0.1, 0.15) is 7.05 Å². The molecule has 0 aliphatic carbocycles. The molecule has 0 radical (unpaired) electrons. The van der Waals surface area contributed by atoms with E-state index < -0.39 is 7.60 Å². The largest absolute Gasteiger partial charge is 0.330 e. The monoisotopic (exact) mass is 731 g/mol. The summed E-state index contributed by atoms with van der Waals surface area (Å²) in [5, 5.41) is 0. The summed E-state index contributed by atoms with van der Waals surface area (Å²) in [6.07, 6.45) is 53.2. The molecule has 0 bridgehead atoms. The van der Waals surface area contributed by atoms with Gasteiger partial charge in [0.15, 0.2) is 12.4 Å². The van der Waals surface area contributed by atoms with Crippen molar-refractivity contribution in [3.05, 3.63) is 54.4 Å². The van der Waals surface area contributed by atoms with Crippen molar-refractivity contribution in [1.29, 1.82) is 0 Å². The Hall–Kier alpha value is -1.22. The highest BCUT2D eigenvalue weighted by Crippen LogP contribution is 2.49. The fraction of sp³-hybridized carbons (Fsp3) is 0.804. The van der Waals surface area contributed by atoms with Crippen molar-refractivity contribution in [3.8, 4) is 0 Å². The van der Waals surface area contributed by atoms with Crippen molar-refractivity contribution in [1.82, 2.24) is 0 Å².